The molecule has 0 aliphatic rings. The van der Waals surface area contributed by atoms with E-state index in [1.54, 1.807) is 23.9 Å². The minimum absolute atomic E-state index is 0.262. The fourth-order valence-corrected chi connectivity index (χ4v) is 3.18. The lowest BCUT2D eigenvalue weighted by molar-refractivity contribution is 0.306. The van der Waals surface area contributed by atoms with E-state index in [-0.39, 0.29) is 11.2 Å². The molecule has 9 heteroatoms. The van der Waals surface area contributed by atoms with Gasteiger partial charge in [-0.3, -0.25) is 18.9 Å². The van der Waals surface area contributed by atoms with Gasteiger partial charge in [-0.05, 0) is 35.4 Å². The average molecular weight is 430 g/mol. The van der Waals surface area contributed by atoms with Crippen molar-refractivity contribution in [3.8, 4) is 5.75 Å². The predicted molar refractivity (Wildman–Crippen MR) is 124 cm³/mol. The zero-order valence-corrected chi connectivity index (χ0v) is 17.5. The number of nitrogens with one attached hydrogen (secondary N) is 2. The Kier molecular flexibility index (Phi) is 5.98. The van der Waals surface area contributed by atoms with E-state index in [0.717, 1.165) is 16.9 Å². The van der Waals surface area contributed by atoms with E-state index in [1.165, 1.54) is 4.57 Å². The highest BCUT2D eigenvalue weighted by molar-refractivity contribution is 5.80. The highest BCUT2D eigenvalue weighted by Crippen LogP contribution is 2.16. The fraction of sp³-hybridized carbons (Fsp3) is 0.130. The van der Waals surface area contributed by atoms with Crippen molar-refractivity contribution in [3.63, 3.8) is 0 Å². The zero-order valence-electron chi connectivity index (χ0n) is 17.5. The van der Waals surface area contributed by atoms with Crippen molar-refractivity contribution in [2.75, 3.05) is 5.43 Å². The third kappa shape index (κ3) is 4.36. The molecule has 0 unspecified atom stereocenters. The summed E-state index contributed by atoms with van der Waals surface area (Å²) in [5.41, 5.74) is 4.28. The number of ether oxygens (including phenoxy) is 1. The molecule has 0 atom stereocenters. The van der Waals surface area contributed by atoms with E-state index in [9.17, 15) is 9.59 Å². The summed E-state index contributed by atoms with van der Waals surface area (Å²) in [7, 11) is 1.54. The van der Waals surface area contributed by atoms with Crippen LogP contribution in [0, 0.1) is 0 Å². The van der Waals surface area contributed by atoms with E-state index >= 15 is 0 Å². The van der Waals surface area contributed by atoms with Gasteiger partial charge in [-0.15, -0.1) is 6.58 Å². The van der Waals surface area contributed by atoms with Gasteiger partial charge >= 0.3 is 5.69 Å². The van der Waals surface area contributed by atoms with Crippen LogP contribution < -0.4 is 21.4 Å². The minimum atomic E-state index is -0.532. The van der Waals surface area contributed by atoms with Crippen molar-refractivity contribution in [1.29, 1.82) is 0 Å². The second kappa shape index (κ2) is 9.17. The SMILES string of the molecule is C=CCn1c(NN=Cc2ccc(OCc3ccccc3)cc2)nc2c1c(=O)[nH]c(=O)n2C. The second-order valence-corrected chi connectivity index (χ2v) is 7.04. The van der Waals surface area contributed by atoms with Crippen molar-refractivity contribution >= 4 is 23.3 Å². The first-order chi connectivity index (χ1) is 15.6. The Labute approximate surface area is 183 Å². The third-order valence-electron chi connectivity index (χ3n) is 4.83. The number of aryl methyl sites for hydroxylation is 1. The van der Waals surface area contributed by atoms with Crippen LogP contribution in [0.25, 0.3) is 11.2 Å². The van der Waals surface area contributed by atoms with Crippen LogP contribution in [0.5, 0.6) is 5.75 Å². The van der Waals surface area contributed by atoms with E-state index in [4.69, 9.17) is 4.74 Å². The van der Waals surface area contributed by atoms with Crippen molar-refractivity contribution in [2.45, 2.75) is 13.2 Å². The number of anilines is 1. The number of hydrazone groups is 1. The van der Waals surface area contributed by atoms with Gasteiger partial charge in [0, 0.05) is 13.6 Å². The summed E-state index contributed by atoms with van der Waals surface area (Å²) in [5.74, 6) is 1.08. The first-order valence-corrected chi connectivity index (χ1v) is 9.93. The highest BCUT2D eigenvalue weighted by Gasteiger charge is 2.16. The molecular weight excluding hydrogens is 408 g/mol. The lowest BCUT2D eigenvalue weighted by Gasteiger charge is -2.06. The van der Waals surface area contributed by atoms with Crippen LogP contribution in [0.15, 0.2) is 81.9 Å². The molecule has 0 aliphatic carbocycles. The number of imidazole rings is 1. The molecule has 2 N–H and O–H groups in total. The fourth-order valence-electron chi connectivity index (χ4n) is 3.18. The Bertz CT molecular complexity index is 1380. The topological polar surface area (TPSA) is 106 Å². The third-order valence-corrected chi connectivity index (χ3v) is 4.83. The van der Waals surface area contributed by atoms with E-state index in [0.29, 0.717) is 19.1 Å². The van der Waals surface area contributed by atoms with Crippen LogP contribution in [0.2, 0.25) is 0 Å². The molecule has 2 aromatic carbocycles. The molecule has 0 radical (unpaired) electrons. The number of nitrogens with zero attached hydrogens (tertiary/aromatic N) is 4. The molecule has 2 heterocycles. The molecule has 0 spiro atoms. The van der Waals surface area contributed by atoms with Gasteiger partial charge in [0.25, 0.3) is 5.56 Å². The Hall–Kier alpha value is -4.40. The average Bonchev–Trinajstić information content (AvgIpc) is 3.17. The van der Waals surface area contributed by atoms with Gasteiger partial charge < -0.3 is 4.74 Å². The largest absolute Gasteiger partial charge is 0.489 e. The summed E-state index contributed by atoms with van der Waals surface area (Å²) in [6, 6.07) is 17.4. The molecular formula is C23H22N6O3. The van der Waals surface area contributed by atoms with E-state index in [1.807, 2.05) is 54.6 Å². The summed E-state index contributed by atoms with van der Waals surface area (Å²) in [4.78, 5) is 30.8. The quantitative estimate of drug-likeness (QED) is 0.254. The number of aromatic nitrogens is 4. The van der Waals surface area contributed by atoms with E-state index < -0.39 is 11.2 Å². The van der Waals surface area contributed by atoms with Crippen LogP contribution in [-0.4, -0.2) is 25.3 Å². The van der Waals surface area contributed by atoms with Gasteiger partial charge in [0.2, 0.25) is 5.95 Å². The van der Waals surface area contributed by atoms with Crippen LogP contribution in [0.4, 0.5) is 5.95 Å². The van der Waals surface area contributed by atoms with Gasteiger partial charge in [0.15, 0.2) is 11.2 Å². The summed E-state index contributed by atoms with van der Waals surface area (Å²) in [6.07, 6.45) is 3.26. The monoisotopic (exact) mass is 430 g/mol. The van der Waals surface area contributed by atoms with Crippen LogP contribution in [0.1, 0.15) is 11.1 Å². The van der Waals surface area contributed by atoms with Crippen molar-refractivity contribution in [3.05, 3.63) is 99.2 Å². The molecule has 0 saturated heterocycles. The Balaban J connectivity index is 1.49. The molecule has 0 aliphatic heterocycles. The number of hydrogen-bond acceptors (Lipinski definition) is 6. The molecule has 0 bridgehead atoms. The molecule has 0 fully saturated rings. The first kappa shape index (κ1) is 20.9. The van der Waals surface area contributed by atoms with Gasteiger partial charge in [0.1, 0.15) is 12.4 Å². The molecule has 0 amide bonds. The Morgan fingerprint density at radius 2 is 1.91 bits per heavy atom. The molecule has 162 valence electrons. The normalized spacial score (nSPS) is 11.2. The second-order valence-electron chi connectivity index (χ2n) is 7.04. The van der Waals surface area contributed by atoms with Gasteiger partial charge in [-0.2, -0.15) is 10.1 Å². The number of fused-ring (bicyclic) bond motifs is 1. The number of aromatic amines is 1. The number of benzene rings is 2. The minimum Gasteiger partial charge on any atom is -0.489 e. The Morgan fingerprint density at radius 3 is 2.62 bits per heavy atom. The zero-order chi connectivity index (χ0) is 22.5. The molecule has 4 aromatic rings. The molecule has 9 nitrogen and oxygen atoms in total. The molecule has 2 aromatic heterocycles. The van der Waals surface area contributed by atoms with Crippen LogP contribution in [-0.2, 0) is 20.2 Å². The van der Waals surface area contributed by atoms with Crippen molar-refractivity contribution in [2.24, 2.45) is 12.1 Å². The highest BCUT2D eigenvalue weighted by atomic mass is 16.5. The maximum absolute atomic E-state index is 12.3. The number of rotatable bonds is 8. The summed E-state index contributed by atoms with van der Waals surface area (Å²) < 4.78 is 8.67. The van der Waals surface area contributed by atoms with E-state index in [2.05, 4.69) is 27.1 Å². The standard InChI is InChI=1S/C23H22N6O3/c1-3-13-29-19-20(28(2)23(31)26-21(19)30)25-22(29)27-24-14-16-9-11-18(12-10-16)32-15-17-7-5-4-6-8-17/h3-12,14H,1,13,15H2,2H3,(H,25,27)(H,26,30,31). The van der Waals surface area contributed by atoms with Gasteiger partial charge in [0.05, 0.1) is 6.21 Å². The van der Waals surface area contributed by atoms with Crippen molar-refractivity contribution < 1.29 is 4.74 Å². The maximum Gasteiger partial charge on any atom is 0.329 e. The first-order valence-electron chi connectivity index (χ1n) is 9.93. The summed E-state index contributed by atoms with van der Waals surface area (Å²) in [6.45, 7) is 4.54. The van der Waals surface area contributed by atoms with Crippen LogP contribution in [0.3, 0.4) is 0 Å². The van der Waals surface area contributed by atoms with Gasteiger partial charge in [-0.25, -0.2) is 10.2 Å². The predicted octanol–water partition coefficient (Wildman–Crippen LogP) is 2.63. The summed E-state index contributed by atoms with van der Waals surface area (Å²) in [5, 5.41) is 4.22. The lowest BCUT2D eigenvalue weighted by Crippen LogP contribution is -2.29. The van der Waals surface area contributed by atoms with Crippen LogP contribution >= 0.6 is 0 Å². The molecule has 0 saturated carbocycles. The Morgan fingerprint density at radius 1 is 1.16 bits per heavy atom. The molecule has 32 heavy (non-hydrogen) atoms. The molecule has 4 rings (SSSR count). The number of H-pyrrole nitrogens is 1. The van der Waals surface area contributed by atoms with Crippen molar-refractivity contribution in [1.82, 2.24) is 19.1 Å². The van der Waals surface area contributed by atoms with Gasteiger partial charge in [-0.1, -0.05) is 36.4 Å². The lowest BCUT2D eigenvalue weighted by atomic mass is 10.2. The maximum atomic E-state index is 12.3. The summed E-state index contributed by atoms with van der Waals surface area (Å²) >= 11 is 0. The smallest absolute Gasteiger partial charge is 0.329 e. The number of hydrogen-bond donors (Lipinski definition) is 2. The number of allylic oxidation sites excluding steroid dienone is 1.